The van der Waals surface area contributed by atoms with Crippen molar-refractivity contribution >= 4 is 5.78 Å². The van der Waals surface area contributed by atoms with Crippen LogP contribution in [0, 0.1) is 0 Å². The number of nitrogens with zero attached hydrogens (tertiary/aromatic N) is 2. The Bertz CT molecular complexity index is 689. The maximum absolute atomic E-state index is 12.2. The molecule has 0 unspecified atom stereocenters. The van der Waals surface area contributed by atoms with Gasteiger partial charge in [-0.2, -0.15) is 0 Å². The summed E-state index contributed by atoms with van der Waals surface area (Å²) in [6, 6.07) is 7.50. The minimum Gasteiger partial charge on any atom is -0.292 e. The lowest BCUT2D eigenvalue weighted by Crippen LogP contribution is -2.25. The third-order valence-electron chi connectivity index (χ3n) is 3.52. The molecule has 0 radical (unpaired) electrons. The van der Waals surface area contributed by atoms with Gasteiger partial charge in [-0.15, -0.1) is 0 Å². The van der Waals surface area contributed by atoms with Gasteiger partial charge in [0.25, 0.3) is 0 Å². The number of Topliss-reactive ketones (excluding diaryl/α,β-unsaturated/α-hetero) is 1. The Kier molecular flexibility index (Phi) is 2.99. The summed E-state index contributed by atoms with van der Waals surface area (Å²) in [7, 11) is 0. The largest absolute Gasteiger partial charge is 0.347 e. The van der Waals surface area contributed by atoms with E-state index in [4.69, 9.17) is 0 Å². The van der Waals surface area contributed by atoms with E-state index in [9.17, 15) is 9.59 Å². The molecule has 0 amide bonds. The fourth-order valence-corrected chi connectivity index (χ4v) is 2.50. The highest BCUT2D eigenvalue weighted by Crippen LogP contribution is 2.23. The molecule has 0 saturated carbocycles. The molecule has 1 aliphatic carbocycles. The van der Waals surface area contributed by atoms with Gasteiger partial charge in [0.05, 0.1) is 6.54 Å². The van der Waals surface area contributed by atoms with E-state index in [2.05, 4.69) is 4.98 Å². The number of aryl methyl sites for hydroxylation is 2. The maximum atomic E-state index is 12.2. The third kappa shape index (κ3) is 2.34. The van der Waals surface area contributed by atoms with Crippen molar-refractivity contribution in [3.8, 4) is 0 Å². The second-order valence-electron chi connectivity index (χ2n) is 4.79. The van der Waals surface area contributed by atoms with E-state index in [1.807, 2.05) is 18.2 Å². The molecule has 0 saturated heterocycles. The van der Waals surface area contributed by atoms with Crippen LogP contribution in [0.4, 0.5) is 0 Å². The lowest BCUT2D eigenvalue weighted by atomic mass is 10.0. The fourth-order valence-electron chi connectivity index (χ4n) is 2.50. The van der Waals surface area contributed by atoms with Gasteiger partial charge in [-0.05, 0) is 42.5 Å². The van der Waals surface area contributed by atoms with Crippen LogP contribution in [0.25, 0.3) is 0 Å². The van der Waals surface area contributed by atoms with E-state index in [1.165, 1.54) is 21.9 Å². The number of carbonyl (C=O) groups is 1. The van der Waals surface area contributed by atoms with Crippen LogP contribution in [0.2, 0.25) is 0 Å². The number of rotatable bonds is 3. The third-order valence-corrected chi connectivity index (χ3v) is 3.52. The highest BCUT2D eigenvalue weighted by Gasteiger charge is 2.14. The zero-order valence-electron chi connectivity index (χ0n) is 10.5. The maximum Gasteiger partial charge on any atom is 0.347 e. The molecule has 0 atom stereocenters. The summed E-state index contributed by atoms with van der Waals surface area (Å²) in [5, 5.41) is 0. The molecule has 0 N–H and O–H groups in total. The van der Waals surface area contributed by atoms with Gasteiger partial charge in [0, 0.05) is 18.0 Å². The summed E-state index contributed by atoms with van der Waals surface area (Å²) in [6.07, 6.45) is 6.32. The smallest absolute Gasteiger partial charge is 0.292 e. The Morgan fingerprint density at radius 3 is 2.95 bits per heavy atom. The summed E-state index contributed by atoms with van der Waals surface area (Å²) in [5.41, 5.74) is 2.90. The normalized spacial score (nSPS) is 13.3. The number of fused-ring (bicyclic) bond motifs is 1. The molecule has 4 nitrogen and oxygen atoms in total. The Morgan fingerprint density at radius 1 is 1.26 bits per heavy atom. The predicted molar refractivity (Wildman–Crippen MR) is 71.3 cm³/mol. The molecule has 1 aromatic heterocycles. The zero-order chi connectivity index (χ0) is 13.2. The van der Waals surface area contributed by atoms with E-state index in [0.29, 0.717) is 5.56 Å². The lowest BCUT2D eigenvalue weighted by Gasteiger charge is -2.06. The number of hydrogen-bond donors (Lipinski definition) is 0. The summed E-state index contributed by atoms with van der Waals surface area (Å²) < 4.78 is 1.33. The van der Waals surface area contributed by atoms with Gasteiger partial charge < -0.3 is 0 Å². The molecule has 0 spiro atoms. The first-order chi connectivity index (χ1) is 9.24. The van der Waals surface area contributed by atoms with Crippen molar-refractivity contribution in [2.75, 3.05) is 0 Å². The van der Waals surface area contributed by atoms with E-state index >= 15 is 0 Å². The van der Waals surface area contributed by atoms with Crippen LogP contribution < -0.4 is 5.69 Å². The molecule has 0 aliphatic heterocycles. The minimum atomic E-state index is -0.392. The molecule has 1 heterocycles. The number of hydrogen-bond acceptors (Lipinski definition) is 3. The molecule has 1 aromatic carbocycles. The van der Waals surface area contributed by atoms with Crippen molar-refractivity contribution in [3.05, 3.63) is 63.8 Å². The zero-order valence-corrected chi connectivity index (χ0v) is 10.5. The Balaban J connectivity index is 1.85. The average Bonchev–Trinajstić information content (AvgIpc) is 2.88. The SMILES string of the molecule is O=C(Cn1cccnc1=O)c1ccc2c(c1)CCC2. The second-order valence-corrected chi connectivity index (χ2v) is 4.79. The Labute approximate surface area is 110 Å². The fraction of sp³-hybridized carbons (Fsp3) is 0.267. The summed E-state index contributed by atoms with van der Waals surface area (Å²) in [5.74, 6) is -0.0511. The number of ketones is 1. The summed E-state index contributed by atoms with van der Waals surface area (Å²) >= 11 is 0. The van der Waals surface area contributed by atoms with E-state index in [1.54, 1.807) is 12.3 Å². The quantitative estimate of drug-likeness (QED) is 0.782. The number of aromatic nitrogens is 2. The van der Waals surface area contributed by atoms with Crippen molar-refractivity contribution in [1.82, 2.24) is 9.55 Å². The lowest BCUT2D eigenvalue weighted by molar-refractivity contribution is 0.0970. The predicted octanol–water partition coefficient (Wildman–Crippen LogP) is 1.61. The molecular weight excluding hydrogens is 240 g/mol. The van der Waals surface area contributed by atoms with Crippen molar-refractivity contribution < 1.29 is 4.79 Å². The highest BCUT2D eigenvalue weighted by atomic mass is 16.2. The van der Waals surface area contributed by atoms with Crippen LogP contribution in [-0.2, 0) is 19.4 Å². The topological polar surface area (TPSA) is 52.0 Å². The first kappa shape index (κ1) is 11.8. The first-order valence-electron chi connectivity index (χ1n) is 6.40. The van der Waals surface area contributed by atoms with Crippen molar-refractivity contribution in [2.45, 2.75) is 25.8 Å². The van der Waals surface area contributed by atoms with Crippen LogP contribution in [-0.4, -0.2) is 15.3 Å². The van der Waals surface area contributed by atoms with Gasteiger partial charge in [0.1, 0.15) is 0 Å². The molecule has 96 valence electrons. The van der Waals surface area contributed by atoms with Gasteiger partial charge in [0.15, 0.2) is 5.78 Å². The van der Waals surface area contributed by atoms with Crippen LogP contribution in [0.15, 0.2) is 41.5 Å². The van der Waals surface area contributed by atoms with Crippen LogP contribution in [0.5, 0.6) is 0 Å². The van der Waals surface area contributed by atoms with Crippen LogP contribution >= 0.6 is 0 Å². The van der Waals surface area contributed by atoms with E-state index in [0.717, 1.165) is 19.3 Å². The Hall–Kier alpha value is -2.23. The molecule has 3 rings (SSSR count). The average molecular weight is 254 g/mol. The van der Waals surface area contributed by atoms with E-state index < -0.39 is 5.69 Å². The molecule has 0 fully saturated rings. The monoisotopic (exact) mass is 254 g/mol. The molecule has 2 aromatic rings. The van der Waals surface area contributed by atoms with Crippen LogP contribution in [0.3, 0.4) is 0 Å². The van der Waals surface area contributed by atoms with Gasteiger partial charge in [-0.3, -0.25) is 9.36 Å². The molecule has 0 bridgehead atoms. The van der Waals surface area contributed by atoms with Crippen molar-refractivity contribution in [1.29, 1.82) is 0 Å². The number of benzene rings is 1. The molecular formula is C15H14N2O2. The molecule has 19 heavy (non-hydrogen) atoms. The minimum absolute atomic E-state index is 0.0471. The molecule has 1 aliphatic rings. The van der Waals surface area contributed by atoms with Crippen LogP contribution in [0.1, 0.15) is 27.9 Å². The Morgan fingerprint density at radius 2 is 2.11 bits per heavy atom. The van der Waals surface area contributed by atoms with E-state index in [-0.39, 0.29) is 12.3 Å². The number of carbonyl (C=O) groups excluding carboxylic acids is 1. The van der Waals surface area contributed by atoms with Crippen molar-refractivity contribution in [2.24, 2.45) is 0 Å². The van der Waals surface area contributed by atoms with Gasteiger partial charge in [-0.1, -0.05) is 12.1 Å². The van der Waals surface area contributed by atoms with Gasteiger partial charge in [-0.25, -0.2) is 9.78 Å². The van der Waals surface area contributed by atoms with Crippen molar-refractivity contribution in [3.63, 3.8) is 0 Å². The van der Waals surface area contributed by atoms with Gasteiger partial charge in [0.2, 0.25) is 0 Å². The second kappa shape index (κ2) is 4.80. The standard InChI is InChI=1S/C15H14N2O2/c18-14(10-17-8-2-7-16-15(17)19)13-6-5-11-3-1-4-12(11)9-13/h2,5-9H,1,3-4,10H2. The summed E-state index contributed by atoms with van der Waals surface area (Å²) in [6.45, 7) is 0.0471. The highest BCUT2D eigenvalue weighted by molar-refractivity contribution is 5.96. The molecule has 4 heteroatoms. The first-order valence-corrected chi connectivity index (χ1v) is 6.40. The summed E-state index contributed by atoms with van der Waals surface area (Å²) in [4.78, 5) is 27.3. The van der Waals surface area contributed by atoms with Gasteiger partial charge >= 0.3 is 5.69 Å².